The number of hydrogen-bond acceptors (Lipinski definition) is 6. The van der Waals surface area contributed by atoms with Gasteiger partial charge in [-0.05, 0) is 36.4 Å². The minimum absolute atomic E-state index is 0.101. The molecule has 0 amide bonds. The summed E-state index contributed by atoms with van der Waals surface area (Å²) in [5.41, 5.74) is 0.305. The van der Waals surface area contributed by atoms with Gasteiger partial charge in [0, 0.05) is 31.9 Å². The summed E-state index contributed by atoms with van der Waals surface area (Å²) in [4.78, 5) is 39.8. The predicted octanol–water partition coefficient (Wildman–Crippen LogP) is 1.73. The maximum absolute atomic E-state index is 14.8. The van der Waals surface area contributed by atoms with Crippen LogP contribution >= 0.6 is 0 Å². The Morgan fingerprint density at radius 3 is 2.31 bits per heavy atom. The molecule has 2 aliphatic rings. The van der Waals surface area contributed by atoms with Crippen molar-refractivity contribution in [3.8, 4) is 0 Å². The van der Waals surface area contributed by atoms with Gasteiger partial charge in [-0.2, -0.15) is 0 Å². The zero-order valence-corrected chi connectivity index (χ0v) is 15.2. The van der Waals surface area contributed by atoms with Gasteiger partial charge in [0.05, 0.1) is 16.9 Å². The number of Topliss-reactive ketones (excluding diaryl/α,β-unsaturated/α-hetero) is 2. The third kappa shape index (κ3) is 3.23. The largest absolute Gasteiger partial charge is 0.479 e. The van der Waals surface area contributed by atoms with E-state index in [0.29, 0.717) is 26.2 Å². The van der Waals surface area contributed by atoms with Crippen molar-refractivity contribution in [1.82, 2.24) is 5.32 Å². The molecule has 1 saturated heterocycles. The highest BCUT2D eigenvalue weighted by Crippen LogP contribution is 2.39. The first-order chi connectivity index (χ1) is 13.9. The van der Waals surface area contributed by atoms with Crippen molar-refractivity contribution in [2.75, 3.05) is 36.0 Å². The molecule has 2 aromatic carbocycles. The third-order valence-electron chi connectivity index (χ3n) is 5.10. The van der Waals surface area contributed by atoms with Crippen molar-refractivity contribution >= 4 is 34.6 Å². The lowest BCUT2D eigenvalue weighted by Crippen LogP contribution is -2.51. The first kappa shape index (κ1) is 19.0. The van der Waals surface area contributed by atoms with E-state index in [9.17, 15) is 28.3 Å². The van der Waals surface area contributed by atoms with Gasteiger partial charge in [-0.25, -0.2) is 13.6 Å². The number of ketones is 2. The molecule has 0 spiro atoms. The van der Waals surface area contributed by atoms with E-state index in [4.69, 9.17) is 0 Å². The van der Waals surface area contributed by atoms with Crippen molar-refractivity contribution < 1.29 is 28.3 Å². The van der Waals surface area contributed by atoms with Crippen LogP contribution in [-0.2, 0) is 9.59 Å². The van der Waals surface area contributed by atoms with Crippen LogP contribution in [0.3, 0.4) is 0 Å². The Kier molecular flexibility index (Phi) is 4.75. The van der Waals surface area contributed by atoms with Crippen LogP contribution in [0.4, 0.5) is 25.8 Å². The lowest BCUT2D eigenvalue weighted by molar-refractivity contribution is -0.141. The van der Waals surface area contributed by atoms with Crippen LogP contribution in [0.15, 0.2) is 36.4 Å². The van der Waals surface area contributed by atoms with Crippen molar-refractivity contribution in [3.63, 3.8) is 0 Å². The van der Waals surface area contributed by atoms with Crippen molar-refractivity contribution in [3.05, 3.63) is 53.6 Å². The summed E-state index contributed by atoms with van der Waals surface area (Å²) in [6.07, 6.45) is 0. The number of benzene rings is 2. The summed E-state index contributed by atoms with van der Waals surface area (Å²) < 4.78 is 28.2. The molecule has 1 fully saturated rings. The fourth-order valence-electron chi connectivity index (χ4n) is 3.71. The van der Waals surface area contributed by atoms with Gasteiger partial charge in [-0.3, -0.25) is 9.59 Å². The van der Waals surface area contributed by atoms with E-state index in [1.54, 1.807) is 4.90 Å². The number of nitrogens with one attached hydrogen (secondary N) is 1. The molecule has 0 saturated carbocycles. The zero-order valence-electron chi connectivity index (χ0n) is 15.2. The number of piperazine rings is 1. The Hall–Kier alpha value is -3.33. The number of carbonyl (C=O) groups excluding carboxylic acids is 2. The SMILES string of the molecule is O=C1C(=O)C(C(=O)O)N(c2ccc(F)cc2)c2cc(N3CCNCC3)c(F)cc21. The van der Waals surface area contributed by atoms with Crippen LogP contribution < -0.4 is 15.1 Å². The Balaban J connectivity index is 1.92. The van der Waals surface area contributed by atoms with Crippen LogP contribution in [-0.4, -0.2) is 54.9 Å². The highest BCUT2D eigenvalue weighted by Gasteiger charge is 2.45. The normalized spacial score (nSPS) is 19.3. The molecule has 2 N–H and O–H groups in total. The number of nitrogens with zero attached hydrogens (tertiary/aromatic N) is 2. The lowest BCUT2D eigenvalue weighted by atomic mass is 9.91. The number of anilines is 3. The molecule has 1 unspecified atom stereocenters. The number of halogens is 2. The Labute approximate surface area is 164 Å². The maximum Gasteiger partial charge on any atom is 0.335 e. The van der Waals surface area contributed by atoms with Gasteiger partial charge in [0.2, 0.25) is 11.6 Å². The van der Waals surface area contributed by atoms with Gasteiger partial charge in [-0.15, -0.1) is 0 Å². The van der Waals surface area contributed by atoms with E-state index in [0.717, 1.165) is 23.1 Å². The van der Waals surface area contributed by atoms with Gasteiger partial charge in [0.25, 0.3) is 0 Å². The minimum atomic E-state index is -1.82. The molecule has 0 aromatic heterocycles. The average molecular weight is 401 g/mol. The van der Waals surface area contributed by atoms with E-state index in [2.05, 4.69) is 5.32 Å². The molecular weight excluding hydrogens is 384 g/mol. The Morgan fingerprint density at radius 2 is 1.69 bits per heavy atom. The number of rotatable bonds is 3. The lowest BCUT2D eigenvalue weighted by Gasteiger charge is -2.36. The molecule has 9 heteroatoms. The van der Waals surface area contributed by atoms with E-state index in [1.807, 2.05) is 0 Å². The fraction of sp³-hybridized carbons (Fsp3) is 0.250. The summed E-state index contributed by atoms with van der Waals surface area (Å²) in [6, 6.07) is 5.41. The highest BCUT2D eigenvalue weighted by molar-refractivity contribution is 6.51. The first-order valence-electron chi connectivity index (χ1n) is 9.04. The number of carboxylic acids is 1. The monoisotopic (exact) mass is 401 g/mol. The summed E-state index contributed by atoms with van der Waals surface area (Å²) >= 11 is 0. The number of fused-ring (bicyclic) bond motifs is 1. The van der Waals surface area contributed by atoms with Crippen molar-refractivity contribution in [1.29, 1.82) is 0 Å². The van der Waals surface area contributed by atoms with Crippen LogP contribution in [0.2, 0.25) is 0 Å². The molecule has 1 atom stereocenters. The minimum Gasteiger partial charge on any atom is -0.479 e. The molecule has 0 bridgehead atoms. The fourth-order valence-corrected chi connectivity index (χ4v) is 3.71. The van der Waals surface area contributed by atoms with Gasteiger partial charge in [-0.1, -0.05) is 0 Å². The average Bonchev–Trinajstić information content (AvgIpc) is 2.71. The Morgan fingerprint density at radius 1 is 1.03 bits per heavy atom. The summed E-state index contributed by atoms with van der Waals surface area (Å²) in [7, 11) is 0. The third-order valence-corrected chi connectivity index (χ3v) is 5.10. The number of carbonyl (C=O) groups is 3. The molecule has 4 rings (SSSR count). The summed E-state index contributed by atoms with van der Waals surface area (Å²) in [5, 5.41) is 12.8. The molecule has 7 nitrogen and oxygen atoms in total. The molecular formula is C20H17F2N3O4. The maximum atomic E-state index is 14.8. The first-order valence-corrected chi connectivity index (χ1v) is 9.04. The van der Waals surface area contributed by atoms with E-state index >= 15 is 0 Å². The second-order valence-electron chi connectivity index (χ2n) is 6.84. The molecule has 2 aromatic rings. The van der Waals surface area contributed by atoms with E-state index < -0.39 is 35.2 Å². The smallest absolute Gasteiger partial charge is 0.335 e. The molecule has 2 aliphatic heterocycles. The second kappa shape index (κ2) is 7.25. The second-order valence-corrected chi connectivity index (χ2v) is 6.84. The molecule has 0 radical (unpaired) electrons. The zero-order chi connectivity index (χ0) is 20.7. The van der Waals surface area contributed by atoms with Gasteiger partial charge >= 0.3 is 5.97 Å². The number of carboxylic acid groups (broad SMARTS) is 1. The molecule has 0 aliphatic carbocycles. The molecule has 2 heterocycles. The van der Waals surface area contributed by atoms with Gasteiger partial charge < -0.3 is 20.2 Å². The van der Waals surface area contributed by atoms with Crippen LogP contribution in [0.25, 0.3) is 0 Å². The summed E-state index contributed by atoms with van der Waals surface area (Å²) in [5.74, 6) is -4.97. The topological polar surface area (TPSA) is 89.9 Å². The van der Waals surface area contributed by atoms with Gasteiger partial charge in [0.1, 0.15) is 11.6 Å². The number of aliphatic carboxylic acids is 1. The van der Waals surface area contributed by atoms with Crippen LogP contribution in [0, 0.1) is 11.6 Å². The van der Waals surface area contributed by atoms with Crippen molar-refractivity contribution in [2.24, 2.45) is 0 Å². The predicted molar refractivity (Wildman–Crippen MR) is 101 cm³/mol. The molecule has 29 heavy (non-hydrogen) atoms. The standard InChI is InChI=1S/C20H17F2N3O4/c21-11-1-3-12(4-2-11)25-15-10-16(24-7-5-23-6-8-24)14(22)9-13(15)18(26)19(27)17(25)20(28)29/h1-4,9-10,17,23H,5-8H2,(H,28,29). The highest BCUT2D eigenvalue weighted by atomic mass is 19.1. The van der Waals surface area contributed by atoms with Crippen LogP contribution in [0.5, 0.6) is 0 Å². The van der Waals surface area contributed by atoms with E-state index in [-0.39, 0.29) is 22.6 Å². The van der Waals surface area contributed by atoms with Gasteiger partial charge in [0.15, 0.2) is 6.04 Å². The summed E-state index contributed by atoms with van der Waals surface area (Å²) in [6.45, 7) is 2.35. The van der Waals surface area contributed by atoms with E-state index in [1.165, 1.54) is 18.2 Å². The van der Waals surface area contributed by atoms with Crippen LogP contribution in [0.1, 0.15) is 10.4 Å². The molecule has 150 valence electrons. The quantitative estimate of drug-likeness (QED) is 0.598. The van der Waals surface area contributed by atoms with Crippen molar-refractivity contribution in [2.45, 2.75) is 6.04 Å². The Bertz CT molecular complexity index is 1000. The number of hydrogen-bond donors (Lipinski definition) is 2.